The van der Waals surface area contributed by atoms with E-state index < -0.39 is 0 Å². The highest BCUT2D eigenvalue weighted by molar-refractivity contribution is 9.10. The van der Waals surface area contributed by atoms with Crippen LogP contribution in [-0.2, 0) is 0 Å². The fourth-order valence-corrected chi connectivity index (χ4v) is 2.22. The van der Waals surface area contributed by atoms with Gasteiger partial charge in [-0.05, 0) is 55.0 Å². The summed E-state index contributed by atoms with van der Waals surface area (Å²) in [6, 6.07) is 15.5. The number of ether oxygens (including phenoxy) is 1. The summed E-state index contributed by atoms with van der Waals surface area (Å²) in [5.41, 5.74) is 1.65. The molecule has 0 spiro atoms. The normalized spacial score (nSPS) is 11.0. The van der Waals surface area contributed by atoms with Crippen LogP contribution in [0.3, 0.4) is 0 Å². The van der Waals surface area contributed by atoms with Gasteiger partial charge in [-0.25, -0.2) is 0 Å². The molecule has 0 aliphatic heterocycles. The number of hydrogen-bond donors (Lipinski definition) is 0. The van der Waals surface area contributed by atoms with E-state index in [9.17, 15) is 0 Å². The van der Waals surface area contributed by atoms with Crippen LogP contribution in [-0.4, -0.2) is 6.61 Å². The van der Waals surface area contributed by atoms with Crippen LogP contribution in [0.5, 0.6) is 5.75 Å². The molecule has 0 aliphatic rings. The van der Waals surface area contributed by atoms with Gasteiger partial charge in [-0.1, -0.05) is 42.1 Å². The Morgan fingerprint density at radius 2 is 1.41 bits per heavy atom. The molecule has 0 aliphatic carbocycles. The summed E-state index contributed by atoms with van der Waals surface area (Å²) in [5.74, 6) is 0.888. The quantitative estimate of drug-likeness (QED) is 0.375. The minimum absolute atomic E-state index is 0.778. The van der Waals surface area contributed by atoms with Gasteiger partial charge in [0.25, 0.3) is 0 Å². The van der Waals surface area contributed by atoms with Crippen LogP contribution in [0, 0.1) is 0 Å². The third kappa shape index (κ3) is 5.98. The number of azo groups is 1. The first-order chi connectivity index (χ1) is 10.8. The third-order valence-electron chi connectivity index (χ3n) is 3.21. The SMILES string of the molecule is CCCCCCOc1ccc(/N=N/c2ccc(Br)cc2)cc1. The van der Waals surface area contributed by atoms with E-state index >= 15 is 0 Å². The van der Waals surface area contributed by atoms with Crippen LogP contribution in [0.2, 0.25) is 0 Å². The van der Waals surface area contributed by atoms with Gasteiger partial charge in [0.15, 0.2) is 0 Å². The van der Waals surface area contributed by atoms with Crippen LogP contribution in [0.15, 0.2) is 63.2 Å². The Bertz CT molecular complexity index is 579. The Hall–Kier alpha value is -1.68. The lowest BCUT2D eigenvalue weighted by Crippen LogP contribution is -1.96. The van der Waals surface area contributed by atoms with Gasteiger partial charge in [-0.15, -0.1) is 0 Å². The zero-order valence-corrected chi connectivity index (χ0v) is 14.4. The summed E-state index contributed by atoms with van der Waals surface area (Å²) >= 11 is 3.40. The molecule has 0 saturated carbocycles. The fourth-order valence-electron chi connectivity index (χ4n) is 1.95. The number of unbranched alkanes of at least 4 members (excludes halogenated alkanes) is 3. The van der Waals surface area contributed by atoms with E-state index in [2.05, 4.69) is 33.1 Å². The molecule has 2 aromatic carbocycles. The summed E-state index contributed by atoms with van der Waals surface area (Å²) < 4.78 is 6.74. The van der Waals surface area contributed by atoms with Crippen molar-refractivity contribution in [1.82, 2.24) is 0 Å². The third-order valence-corrected chi connectivity index (χ3v) is 3.74. The highest BCUT2D eigenvalue weighted by Gasteiger charge is 1.96. The molecule has 0 heterocycles. The van der Waals surface area contributed by atoms with Crippen LogP contribution in [0.1, 0.15) is 32.6 Å². The summed E-state index contributed by atoms with van der Waals surface area (Å²) in [6.45, 7) is 2.99. The minimum atomic E-state index is 0.778. The van der Waals surface area contributed by atoms with Crippen LogP contribution in [0.4, 0.5) is 11.4 Å². The second-order valence-electron chi connectivity index (χ2n) is 5.08. The van der Waals surface area contributed by atoms with E-state index in [-0.39, 0.29) is 0 Å². The molecule has 4 heteroatoms. The summed E-state index contributed by atoms with van der Waals surface area (Å²) in [5, 5.41) is 8.43. The van der Waals surface area contributed by atoms with Crippen molar-refractivity contribution in [3.8, 4) is 5.75 Å². The highest BCUT2D eigenvalue weighted by atomic mass is 79.9. The van der Waals surface area contributed by atoms with E-state index in [1.807, 2.05) is 48.5 Å². The van der Waals surface area contributed by atoms with Crippen molar-refractivity contribution in [3.05, 3.63) is 53.0 Å². The first-order valence-electron chi connectivity index (χ1n) is 7.68. The van der Waals surface area contributed by atoms with Crippen molar-refractivity contribution in [2.45, 2.75) is 32.6 Å². The van der Waals surface area contributed by atoms with Crippen molar-refractivity contribution in [3.63, 3.8) is 0 Å². The van der Waals surface area contributed by atoms with Crippen molar-refractivity contribution in [2.75, 3.05) is 6.61 Å². The molecular formula is C18H21BrN2O. The molecular weight excluding hydrogens is 340 g/mol. The van der Waals surface area contributed by atoms with Crippen LogP contribution < -0.4 is 4.74 Å². The van der Waals surface area contributed by atoms with Crippen molar-refractivity contribution < 1.29 is 4.74 Å². The molecule has 0 atom stereocenters. The number of hydrogen-bond acceptors (Lipinski definition) is 3. The molecule has 3 nitrogen and oxygen atoms in total. The lowest BCUT2D eigenvalue weighted by molar-refractivity contribution is 0.305. The zero-order chi connectivity index (χ0) is 15.6. The predicted molar refractivity (Wildman–Crippen MR) is 94.4 cm³/mol. The molecule has 0 bridgehead atoms. The smallest absolute Gasteiger partial charge is 0.119 e. The van der Waals surface area contributed by atoms with Crippen molar-refractivity contribution in [2.24, 2.45) is 10.2 Å². The molecule has 0 radical (unpaired) electrons. The van der Waals surface area contributed by atoms with Crippen LogP contribution in [0.25, 0.3) is 0 Å². The topological polar surface area (TPSA) is 34.0 Å². The van der Waals surface area contributed by atoms with Crippen molar-refractivity contribution in [1.29, 1.82) is 0 Å². The average Bonchev–Trinajstić information content (AvgIpc) is 2.55. The Balaban J connectivity index is 1.82. The molecule has 0 N–H and O–H groups in total. The van der Waals surface area contributed by atoms with E-state index in [1.54, 1.807) is 0 Å². The molecule has 0 fully saturated rings. The lowest BCUT2D eigenvalue weighted by atomic mass is 10.2. The Morgan fingerprint density at radius 3 is 2.00 bits per heavy atom. The first kappa shape index (κ1) is 16.7. The number of halogens is 1. The largest absolute Gasteiger partial charge is 0.494 e. The van der Waals surface area contributed by atoms with Gasteiger partial charge in [-0.3, -0.25) is 0 Å². The van der Waals surface area contributed by atoms with Gasteiger partial charge >= 0.3 is 0 Å². The van der Waals surface area contributed by atoms with E-state index in [0.717, 1.165) is 34.6 Å². The first-order valence-corrected chi connectivity index (χ1v) is 8.47. The van der Waals surface area contributed by atoms with E-state index in [0.29, 0.717) is 0 Å². The molecule has 0 unspecified atom stereocenters. The predicted octanol–water partition coefficient (Wildman–Crippen LogP) is 6.82. The molecule has 2 aromatic rings. The Labute approximate surface area is 140 Å². The summed E-state index contributed by atoms with van der Waals surface area (Å²) in [4.78, 5) is 0. The standard InChI is InChI=1S/C18H21BrN2O/c1-2-3-4-5-14-22-18-12-10-17(11-13-18)21-20-16-8-6-15(19)7-9-16/h6-13H,2-5,14H2,1H3/b21-20+. The Morgan fingerprint density at radius 1 is 0.818 bits per heavy atom. The summed E-state index contributed by atoms with van der Waals surface area (Å²) in [6.07, 6.45) is 4.87. The zero-order valence-electron chi connectivity index (χ0n) is 12.8. The number of benzene rings is 2. The van der Waals surface area contributed by atoms with Gasteiger partial charge in [0.05, 0.1) is 18.0 Å². The maximum absolute atomic E-state index is 5.71. The number of rotatable bonds is 8. The van der Waals surface area contributed by atoms with E-state index in [4.69, 9.17) is 4.74 Å². The van der Waals surface area contributed by atoms with E-state index in [1.165, 1.54) is 19.3 Å². The maximum Gasteiger partial charge on any atom is 0.119 e. The molecule has 0 aromatic heterocycles. The van der Waals surface area contributed by atoms with Crippen LogP contribution >= 0.6 is 15.9 Å². The van der Waals surface area contributed by atoms with Gasteiger partial charge in [-0.2, -0.15) is 10.2 Å². The van der Waals surface area contributed by atoms with Gasteiger partial charge in [0.1, 0.15) is 5.75 Å². The number of nitrogens with zero attached hydrogens (tertiary/aromatic N) is 2. The van der Waals surface area contributed by atoms with Gasteiger partial charge in [0, 0.05) is 4.47 Å². The summed E-state index contributed by atoms with van der Waals surface area (Å²) in [7, 11) is 0. The minimum Gasteiger partial charge on any atom is -0.494 e. The second kappa shape index (κ2) is 9.36. The Kier molecular flexibility index (Phi) is 7.10. The molecule has 0 saturated heterocycles. The molecule has 0 amide bonds. The molecule has 2 rings (SSSR count). The monoisotopic (exact) mass is 360 g/mol. The fraction of sp³-hybridized carbons (Fsp3) is 0.333. The molecule has 22 heavy (non-hydrogen) atoms. The molecule has 116 valence electrons. The van der Waals surface area contributed by atoms with Gasteiger partial charge < -0.3 is 4.74 Å². The highest BCUT2D eigenvalue weighted by Crippen LogP contribution is 2.22. The average molecular weight is 361 g/mol. The van der Waals surface area contributed by atoms with Crippen molar-refractivity contribution >= 4 is 27.3 Å². The lowest BCUT2D eigenvalue weighted by Gasteiger charge is -2.05. The second-order valence-corrected chi connectivity index (χ2v) is 6.00. The van der Waals surface area contributed by atoms with Gasteiger partial charge in [0.2, 0.25) is 0 Å². The maximum atomic E-state index is 5.71.